The fourth-order valence-corrected chi connectivity index (χ4v) is 3.97. The molecule has 220 valence electrons. The summed E-state index contributed by atoms with van der Waals surface area (Å²) >= 11 is 0. The van der Waals surface area contributed by atoms with Crippen LogP contribution in [0.5, 0.6) is 5.75 Å². The normalized spacial score (nSPS) is 14.9. The molecule has 1 aromatic rings. The van der Waals surface area contributed by atoms with Crippen LogP contribution in [-0.2, 0) is 25.6 Å². The Bertz CT molecular complexity index is 913. The first-order valence-corrected chi connectivity index (χ1v) is 13.6. The number of hydrogen-bond donors (Lipinski definition) is 8. The number of carbonyl (C=O) groups excluding carboxylic acids is 3. The maximum atomic E-state index is 13.4. The van der Waals surface area contributed by atoms with Gasteiger partial charge in [-0.2, -0.15) is 0 Å². The van der Waals surface area contributed by atoms with Crippen LogP contribution in [0, 0.1) is 5.92 Å². The fourth-order valence-electron chi connectivity index (χ4n) is 3.97. The van der Waals surface area contributed by atoms with E-state index in [1.165, 1.54) is 12.1 Å². The Morgan fingerprint density at radius 1 is 0.821 bits per heavy atom. The quantitative estimate of drug-likeness (QED) is 0.109. The van der Waals surface area contributed by atoms with Crippen molar-refractivity contribution in [2.45, 2.75) is 89.4 Å². The molecule has 0 spiro atoms. The summed E-state index contributed by atoms with van der Waals surface area (Å²) < 4.78 is 0. The van der Waals surface area contributed by atoms with Crippen molar-refractivity contribution in [2.75, 3.05) is 13.1 Å². The van der Waals surface area contributed by atoms with Crippen molar-refractivity contribution in [3.63, 3.8) is 0 Å². The standard InChI is InChI=1S/C27H46N6O6/c1-3-17(2)23(27(38)39)33-26(37)22(16-18-10-12-19(34)13-11-18)32-25(36)21(9-5-7-15-29)31-24(35)20(30)8-4-6-14-28/h10-13,17,20-23,34H,3-9,14-16,28-30H2,1-2H3,(H,31,35)(H,32,36)(H,33,37)(H,38,39). The lowest BCUT2D eigenvalue weighted by molar-refractivity contribution is -0.143. The molecule has 5 atom stereocenters. The number of amides is 3. The molecule has 1 aromatic carbocycles. The molecule has 3 amide bonds. The highest BCUT2D eigenvalue weighted by Crippen LogP contribution is 2.14. The zero-order chi connectivity index (χ0) is 29.4. The zero-order valence-corrected chi connectivity index (χ0v) is 23.0. The van der Waals surface area contributed by atoms with Crippen molar-refractivity contribution in [3.8, 4) is 5.75 Å². The summed E-state index contributed by atoms with van der Waals surface area (Å²) in [4.78, 5) is 51.2. The Kier molecular flexibility index (Phi) is 15.7. The van der Waals surface area contributed by atoms with Crippen LogP contribution in [0.3, 0.4) is 0 Å². The van der Waals surface area contributed by atoms with Gasteiger partial charge in [0.15, 0.2) is 0 Å². The highest BCUT2D eigenvalue weighted by molar-refractivity contribution is 5.94. The first-order valence-electron chi connectivity index (χ1n) is 13.6. The molecule has 0 aliphatic heterocycles. The van der Waals surface area contributed by atoms with Crippen molar-refractivity contribution in [1.29, 1.82) is 0 Å². The molecule has 0 radical (unpaired) electrons. The average molecular weight is 551 g/mol. The van der Waals surface area contributed by atoms with Gasteiger partial charge in [-0.25, -0.2) is 4.79 Å². The number of unbranched alkanes of at least 4 members (excludes halogenated alkanes) is 2. The lowest BCUT2D eigenvalue weighted by atomic mass is 9.98. The molecule has 0 fully saturated rings. The number of phenolic OH excluding ortho intramolecular Hbond substituents is 1. The van der Waals surface area contributed by atoms with Gasteiger partial charge in [0, 0.05) is 6.42 Å². The van der Waals surface area contributed by atoms with Crippen LogP contribution in [0.2, 0.25) is 0 Å². The molecule has 11 N–H and O–H groups in total. The van der Waals surface area contributed by atoms with Gasteiger partial charge in [0.25, 0.3) is 0 Å². The predicted molar refractivity (Wildman–Crippen MR) is 148 cm³/mol. The van der Waals surface area contributed by atoms with E-state index in [1.807, 2.05) is 6.92 Å². The second-order valence-electron chi connectivity index (χ2n) is 9.88. The van der Waals surface area contributed by atoms with E-state index in [0.29, 0.717) is 50.8 Å². The Morgan fingerprint density at radius 2 is 1.36 bits per heavy atom. The predicted octanol–water partition coefficient (Wildman–Crippen LogP) is 0.105. The van der Waals surface area contributed by atoms with Crippen LogP contribution in [0.1, 0.15) is 64.4 Å². The molecule has 0 aliphatic rings. The molecule has 0 aromatic heterocycles. The van der Waals surface area contributed by atoms with Crippen molar-refractivity contribution >= 4 is 23.7 Å². The number of nitrogens with one attached hydrogen (secondary N) is 3. The second-order valence-corrected chi connectivity index (χ2v) is 9.88. The minimum atomic E-state index is -1.18. The van der Waals surface area contributed by atoms with Gasteiger partial charge in [-0.3, -0.25) is 14.4 Å². The number of aliphatic carboxylic acids is 1. The summed E-state index contributed by atoms with van der Waals surface area (Å²) in [6, 6.07) is 2.04. The van der Waals surface area contributed by atoms with Crippen LogP contribution in [-0.4, -0.2) is 71.2 Å². The number of rotatable bonds is 19. The monoisotopic (exact) mass is 550 g/mol. The molecule has 12 nitrogen and oxygen atoms in total. The molecule has 5 unspecified atom stereocenters. The van der Waals surface area contributed by atoms with E-state index in [-0.39, 0.29) is 24.5 Å². The first kappa shape index (κ1) is 33.8. The number of carboxylic acids is 1. The number of benzene rings is 1. The molecule has 0 aliphatic carbocycles. The topological polar surface area (TPSA) is 223 Å². The van der Waals surface area contributed by atoms with Crippen LogP contribution in [0.25, 0.3) is 0 Å². The SMILES string of the molecule is CCC(C)C(NC(=O)C(Cc1ccc(O)cc1)NC(=O)C(CCCCN)NC(=O)C(N)CCCCN)C(=O)O. The van der Waals surface area contributed by atoms with E-state index in [4.69, 9.17) is 17.2 Å². The van der Waals surface area contributed by atoms with Crippen molar-refractivity contribution < 1.29 is 29.4 Å². The highest BCUT2D eigenvalue weighted by Gasteiger charge is 2.32. The van der Waals surface area contributed by atoms with Crippen LogP contribution < -0.4 is 33.2 Å². The van der Waals surface area contributed by atoms with Crippen LogP contribution >= 0.6 is 0 Å². The van der Waals surface area contributed by atoms with Gasteiger partial charge in [0.1, 0.15) is 23.9 Å². The van der Waals surface area contributed by atoms with E-state index in [1.54, 1.807) is 19.1 Å². The largest absolute Gasteiger partial charge is 0.508 e. The molecule has 0 saturated carbocycles. The summed E-state index contributed by atoms with van der Waals surface area (Å²) in [6.45, 7) is 4.44. The number of phenols is 1. The number of aromatic hydroxyl groups is 1. The number of carbonyl (C=O) groups is 4. The molecule has 39 heavy (non-hydrogen) atoms. The summed E-state index contributed by atoms with van der Waals surface area (Å²) in [6.07, 6.45) is 3.84. The number of nitrogens with two attached hydrogens (primary N) is 3. The lowest BCUT2D eigenvalue weighted by Gasteiger charge is -2.27. The Hall–Kier alpha value is -3.22. The third kappa shape index (κ3) is 12.5. The molecule has 0 heterocycles. The van der Waals surface area contributed by atoms with E-state index in [9.17, 15) is 29.4 Å². The number of carboxylic acid groups (broad SMARTS) is 1. The Labute approximate surface area is 230 Å². The molecular formula is C27H46N6O6. The van der Waals surface area contributed by atoms with Gasteiger partial charge in [-0.05, 0) is 68.8 Å². The van der Waals surface area contributed by atoms with Crippen molar-refractivity contribution in [3.05, 3.63) is 29.8 Å². The summed E-state index contributed by atoms with van der Waals surface area (Å²) in [7, 11) is 0. The highest BCUT2D eigenvalue weighted by atomic mass is 16.4. The van der Waals surface area contributed by atoms with Gasteiger partial charge in [0.05, 0.1) is 6.04 Å². The van der Waals surface area contributed by atoms with Gasteiger partial charge in [-0.15, -0.1) is 0 Å². The molecule has 0 saturated heterocycles. The van der Waals surface area contributed by atoms with Crippen molar-refractivity contribution in [1.82, 2.24) is 16.0 Å². The van der Waals surface area contributed by atoms with Crippen LogP contribution in [0.15, 0.2) is 24.3 Å². The van der Waals surface area contributed by atoms with E-state index in [2.05, 4.69) is 16.0 Å². The Balaban J connectivity index is 3.13. The number of hydrogen-bond acceptors (Lipinski definition) is 8. The molecule has 12 heteroatoms. The zero-order valence-electron chi connectivity index (χ0n) is 23.0. The minimum Gasteiger partial charge on any atom is -0.508 e. The summed E-state index contributed by atoms with van der Waals surface area (Å²) in [5, 5.41) is 27.2. The molecule has 1 rings (SSSR count). The smallest absolute Gasteiger partial charge is 0.326 e. The maximum Gasteiger partial charge on any atom is 0.326 e. The first-order chi connectivity index (χ1) is 18.5. The van der Waals surface area contributed by atoms with E-state index >= 15 is 0 Å². The fraction of sp³-hybridized carbons (Fsp3) is 0.630. The molecular weight excluding hydrogens is 504 g/mol. The van der Waals surface area contributed by atoms with Gasteiger partial charge in [0.2, 0.25) is 17.7 Å². The summed E-state index contributed by atoms with van der Waals surface area (Å²) in [5.74, 6) is -3.24. The van der Waals surface area contributed by atoms with Crippen LogP contribution in [0.4, 0.5) is 0 Å². The second kappa shape index (κ2) is 18.1. The third-order valence-corrected chi connectivity index (χ3v) is 6.67. The third-order valence-electron chi connectivity index (χ3n) is 6.67. The minimum absolute atomic E-state index is 0.0345. The average Bonchev–Trinajstić information content (AvgIpc) is 2.91. The van der Waals surface area contributed by atoms with Gasteiger partial charge in [-0.1, -0.05) is 38.8 Å². The Morgan fingerprint density at radius 3 is 1.90 bits per heavy atom. The van der Waals surface area contributed by atoms with E-state index in [0.717, 1.165) is 6.42 Å². The van der Waals surface area contributed by atoms with Gasteiger partial charge < -0.3 is 43.4 Å². The van der Waals surface area contributed by atoms with E-state index < -0.39 is 47.9 Å². The van der Waals surface area contributed by atoms with Gasteiger partial charge >= 0.3 is 5.97 Å². The molecule has 0 bridgehead atoms. The maximum absolute atomic E-state index is 13.4. The lowest BCUT2D eigenvalue weighted by Crippen LogP contribution is -2.58. The van der Waals surface area contributed by atoms with Crippen molar-refractivity contribution in [2.24, 2.45) is 23.1 Å². The summed E-state index contributed by atoms with van der Waals surface area (Å²) in [5.41, 5.74) is 17.7.